The molecule has 3 heterocycles. The Morgan fingerprint density at radius 2 is 1.97 bits per heavy atom. The zero-order valence-electron chi connectivity index (χ0n) is 17.4. The summed E-state index contributed by atoms with van der Waals surface area (Å²) in [5.41, 5.74) is 6.99. The van der Waals surface area contributed by atoms with Gasteiger partial charge >= 0.3 is 0 Å². The summed E-state index contributed by atoms with van der Waals surface area (Å²) in [5.74, 6) is -0.163. The van der Waals surface area contributed by atoms with Crippen molar-refractivity contribution in [3.05, 3.63) is 63.9 Å². The predicted molar refractivity (Wildman–Crippen MR) is 118 cm³/mol. The van der Waals surface area contributed by atoms with Gasteiger partial charge in [0.25, 0.3) is 0 Å². The van der Waals surface area contributed by atoms with E-state index in [1.807, 2.05) is 29.7 Å². The smallest absolute Gasteiger partial charge is 0.232 e. The molecule has 1 amide bonds. The SMILES string of the molecule is COCc1nnc(NC(=O)Cc2c(-c3ccc(C)c(C)c3)nc3c(C)cccn23)s1. The number of aryl methyl sites for hydroxylation is 3. The lowest BCUT2D eigenvalue weighted by atomic mass is 10.0. The summed E-state index contributed by atoms with van der Waals surface area (Å²) >= 11 is 1.31. The van der Waals surface area contributed by atoms with E-state index in [1.54, 1.807) is 7.11 Å². The number of pyridine rings is 1. The van der Waals surface area contributed by atoms with Crippen molar-refractivity contribution in [1.82, 2.24) is 19.6 Å². The van der Waals surface area contributed by atoms with E-state index >= 15 is 0 Å². The maximum atomic E-state index is 12.8. The van der Waals surface area contributed by atoms with Crippen LogP contribution in [-0.2, 0) is 22.6 Å². The average molecular weight is 422 g/mol. The van der Waals surface area contributed by atoms with Gasteiger partial charge in [0.2, 0.25) is 11.0 Å². The molecular formula is C22H23N5O2S. The van der Waals surface area contributed by atoms with Gasteiger partial charge in [-0.3, -0.25) is 4.79 Å². The van der Waals surface area contributed by atoms with Crippen LogP contribution < -0.4 is 5.32 Å². The van der Waals surface area contributed by atoms with E-state index < -0.39 is 0 Å². The minimum absolute atomic E-state index is 0.163. The van der Waals surface area contributed by atoms with Gasteiger partial charge in [0, 0.05) is 18.9 Å². The fourth-order valence-electron chi connectivity index (χ4n) is 3.34. The van der Waals surface area contributed by atoms with Gasteiger partial charge in [0.05, 0.1) is 17.8 Å². The Bertz CT molecular complexity index is 1230. The van der Waals surface area contributed by atoms with Crippen LogP contribution in [-0.4, -0.2) is 32.6 Å². The molecule has 0 saturated heterocycles. The number of aromatic nitrogens is 4. The van der Waals surface area contributed by atoms with Gasteiger partial charge in [-0.05, 0) is 49.6 Å². The van der Waals surface area contributed by atoms with Gasteiger partial charge in [-0.25, -0.2) is 4.98 Å². The monoisotopic (exact) mass is 421 g/mol. The van der Waals surface area contributed by atoms with E-state index in [0.29, 0.717) is 16.7 Å². The second-order valence-electron chi connectivity index (χ2n) is 7.25. The van der Waals surface area contributed by atoms with Gasteiger partial charge in [0.15, 0.2) is 0 Å². The number of methoxy groups -OCH3 is 1. The largest absolute Gasteiger partial charge is 0.377 e. The number of fused-ring (bicyclic) bond motifs is 1. The normalized spacial score (nSPS) is 11.2. The third-order valence-corrected chi connectivity index (χ3v) is 5.85. The quantitative estimate of drug-likeness (QED) is 0.507. The van der Waals surface area contributed by atoms with E-state index in [4.69, 9.17) is 9.72 Å². The van der Waals surface area contributed by atoms with E-state index in [9.17, 15) is 4.79 Å². The van der Waals surface area contributed by atoms with Crippen LogP contribution in [0.3, 0.4) is 0 Å². The number of hydrogen-bond acceptors (Lipinski definition) is 6. The first-order valence-electron chi connectivity index (χ1n) is 9.61. The van der Waals surface area contributed by atoms with Crippen LogP contribution in [0.2, 0.25) is 0 Å². The number of anilines is 1. The number of ether oxygens (including phenoxy) is 1. The van der Waals surface area contributed by atoms with E-state index in [1.165, 1.54) is 22.5 Å². The Kier molecular flexibility index (Phi) is 5.61. The summed E-state index contributed by atoms with van der Waals surface area (Å²) in [6.45, 7) is 6.56. The molecule has 30 heavy (non-hydrogen) atoms. The zero-order valence-corrected chi connectivity index (χ0v) is 18.2. The maximum absolute atomic E-state index is 12.8. The van der Waals surface area contributed by atoms with Crippen LogP contribution in [0, 0.1) is 20.8 Å². The first kappa shape index (κ1) is 20.2. The van der Waals surface area contributed by atoms with E-state index in [2.05, 4.69) is 47.6 Å². The first-order valence-corrected chi connectivity index (χ1v) is 10.4. The Labute approximate surface area is 178 Å². The van der Waals surface area contributed by atoms with E-state index in [-0.39, 0.29) is 12.3 Å². The molecule has 0 radical (unpaired) electrons. The van der Waals surface area contributed by atoms with Gasteiger partial charge in [-0.2, -0.15) is 0 Å². The standard InChI is InChI=1S/C22H23N5O2S/c1-13-7-8-16(10-15(13)3)20-17(27-9-5-6-14(2)21(27)24-20)11-18(28)23-22-26-25-19(30-22)12-29-4/h5-10H,11-12H2,1-4H3,(H,23,26,28). The number of imidazole rings is 1. The van der Waals surface area contributed by atoms with Gasteiger partial charge in [-0.1, -0.05) is 29.5 Å². The van der Waals surface area contributed by atoms with E-state index in [0.717, 1.165) is 28.2 Å². The molecule has 0 bridgehead atoms. The minimum Gasteiger partial charge on any atom is -0.377 e. The lowest BCUT2D eigenvalue weighted by molar-refractivity contribution is -0.115. The summed E-state index contributed by atoms with van der Waals surface area (Å²) in [7, 11) is 1.60. The molecule has 154 valence electrons. The highest BCUT2D eigenvalue weighted by Gasteiger charge is 2.19. The fourth-order valence-corrected chi connectivity index (χ4v) is 4.07. The lowest BCUT2D eigenvalue weighted by Gasteiger charge is -2.07. The molecule has 8 heteroatoms. The molecule has 1 N–H and O–H groups in total. The Balaban J connectivity index is 1.70. The van der Waals surface area contributed by atoms with Crippen LogP contribution in [0.1, 0.15) is 27.4 Å². The van der Waals surface area contributed by atoms with Crippen LogP contribution >= 0.6 is 11.3 Å². The van der Waals surface area contributed by atoms with Crippen molar-refractivity contribution < 1.29 is 9.53 Å². The van der Waals surface area contributed by atoms with Crippen molar-refractivity contribution >= 4 is 28.0 Å². The molecule has 0 spiro atoms. The van der Waals surface area contributed by atoms with Crippen molar-refractivity contribution in [3.63, 3.8) is 0 Å². The van der Waals surface area contributed by atoms with Crippen molar-refractivity contribution in [1.29, 1.82) is 0 Å². The summed E-state index contributed by atoms with van der Waals surface area (Å²) in [4.78, 5) is 17.7. The third-order valence-electron chi connectivity index (χ3n) is 5.03. The van der Waals surface area contributed by atoms with Crippen molar-refractivity contribution in [2.24, 2.45) is 0 Å². The molecule has 0 atom stereocenters. The summed E-state index contributed by atoms with van der Waals surface area (Å²) < 4.78 is 7.05. The summed E-state index contributed by atoms with van der Waals surface area (Å²) in [6.07, 6.45) is 2.12. The minimum atomic E-state index is -0.163. The number of rotatable bonds is 6. The number of nitrogens with zero attached hydrogens (tertiary/aromatic N) is 4. The Morgan fingerprint density at radius 3 is 2.73 bits per heavy atom. The summed E-state index contributed by atoms with van der Waals surface area (Å²) in [6, 6.07) is 10.3. The highest BCUT2D eigenvalue weighted by molar-refractivity contribution is 7.15. The highest BCUT2D eigenvalue weighted by Crippen LogP contribution is 2.28. The number of benzene rings is 1. The van der Waals surface area contributed by atoms with Gasteiger partial charge in [-0.15, -0.1) is 10.2 Å². The van der Waals surface area contributed by atoms with Crippen LogP contribution in [0.15, 0.2) is 36.5 Å². The molecule has 0 fully saturated rings. The third kappa shape index (κ3) is 3.96. The molecule has 0 aliphatic rings. The molecule has 0 unspecified atom stereocenters. The van der Waals surface area contributed by atoms with Gasteiger partial charge < -0.3 is 14.5 Å². The van der Waals surface area contributed by atoms with Crippen molar-refractivity contribution in [2.75, 3.05) is 12.4 Å². The molecule has 3 aromatic heterocycles. The van der Waals surface area contributed by atoms with Crippen LogP contribution in [0.5, 0.6) is 0 Å². The molecule has 0 aliphatic carbocycles. The first-order chi connectivity index (χ1) is 14.5. The molecule has 0 aliphatic heterocycles. The lowest BCUT2D eigenvalue weighted by Crippen LogP contribution is -2.16. The maximum Gasteiger partial charge on any atom is 0.232 e. The molecule has 0 saturated carbocycles. The highest BCUT2D eigenvalue weighted by atomic mass is 32.1. The Hall–Kier alpha value is -3.10. The second-order valence-corrected chi connectivity index (χ2v) is 8.31. The van der Waals surface area contributed by atoms with Crippen molar-refractivity contribution in [3.8, 4) is 11.3 Å². The van der Waals surface area contributed by atoms with Crippen molar-refractivity contribution in [2.45, 2.75) is 33.8 Å². The summed E-state index contributed by atoms with van der Waals surface area (Å²) in [5, 5.41) is 12.1. The molecule has 1 aromatic carbocycles. The van der Waals surface area contributed by atoms with Crippen LogP contribution in [0.25, 0.3) is 16.9 Å². The molecule has 7 nitrogen and oxygen atoms in total. The predicted octanol–water partition coefficient (Wildman–Crippen LogP) is 4.11. The van der Waals surface area contributed by atoms with Gasteiger partial charge in [0.1, 0.15) is 17.3 Å². The second kappa shape index (κ2) is 8.33. The number of carbonyl (C=O) groups excluding carboxylic acids is 1. The fraction of sp³-hybridized carbons (Fsp3) is 0.273. The number of nitrogens with one attached hydrogen (secondary N) is 1. The number of amides is 1. The average Bonchev–Trinajstić information content (AvgIpc) is 3.30. The molecule has 4 aromatic rings. The Morgan fingerprint density at radius 1 is 1.13 bits per heavy atom. The number of carbonyl (C=O) groups is 1. The zero-order chi connectivity index (χ0) is 21.3. The molecular weight excluding hydrogens is 398 g/mol. The topological polar surface area (TPSA) is 81.4 Å². The van der Waals surface area contributed by atoms with Crippen LogP contribution in [0.4, 0.5) is 5.13 Å². The molecule has 4 rings (SSSR count). The number of hydrogen-bond donors (Lipinski definition) is 1.